The Morgan fingerprint density at radius 1 is 1.32 bits per heavy atom. The molecule has 2 heterocycles. The van der Waals surface area contributed by atoms with Gasteiger partial charge in [-0.1, -0.05) is 18.2 Å². The zero-order chi connectivity index (χ0) is 13.2. The number of para-hydroxylation sites is 1. The van der Waals surface area contributed by atoms with Crippen LogP contribution in [0, 0.1) is 0 Å². The predicted molar refractivity (Wildman–Crippen MR) is 72.7 cm³/mol. The molecule has 0 atom stereocenters. The van der Waals surface area contributed by atoms with Gasteiger partial charge in [0.15, 0.2) is 0 Å². The zero-order valence-electron chi connectivity index (χ0n) is 9.92. The summed E-state index contributed by atoms with van der Waals surface area (Å²) in [6.07, 6.45) is 3.10. The quantitative estimate of drug-likeness (QED) is 0.648. The van der Waals surface area contributed by atoms with E-state index in [9.17, 15) is 4.79 Å². The van der Waals surface area contributed by atoms with Gasteiger partial charge < -0.3 is 11.1 Å². The molecule has 19 heavy (non-hydrogen) atoms. The van der Waals surface area contributed by atoms with E-state index in [2.05, 4.69) is 20.5 Å². The number of amides is 1. The Balaban J connectivity index is 1.98. The molecule has 0 aliphatic rings. The largest absolute Gasteiger partial charge is 0.398 e. The number of H-pyrrole nitrogens is 1. The molecule has 0 aliphatic heterocycles. The van der Waals surface area contributed by atoms with Crippen LogP contribution < -0.4 is 11.1 Å². The van der Waals surface area contributed by atoms with Crippen molar-refractivity contribution in [3.63, 3.8) is 0 Å². The third-order valence-electron chi connectivity index (χ3n) is 2.74. The van der Waals surface area contributed by atoms with Gasteiger partial charge in [-0.15, -0.1) is 0 Å². The van der Waals surface area contributed by atoms with Crippen LogP contribution in [0.5, 0.6) is 0 Å². The van der Waals surface area contributed by atoms with Crippen LogP contribution in [0.1, 0.15) is 10.5 Å². The molecule has 94 valence electrons. The number of nitrogen functional groups attached to an aromatic ring is 1. The van der Waals surface area contributed by atoms with Gasteiger partial charge in [0, 0.05) is 17.3 Å². The molecule has 3 rings (SSSR count). The summed E-state index contributed by atoms with van der Waals surface area (Å²) in [5, 5.41) is 9.88. The van der Waals surface area contributed by atoms with Gasteiger partial charge in [0.2, 0.25) is 0 Å². The summed E-state index contributed by atoms with van der Waals surface area (Å²) < 4.78 is 0. The second-order valence-corrected chi connectivity index (χ2v) is 4.05. The fourth-order valence-electron chi connectivity index (χ4n) is 1.83. The number of carbonyl (C=O) groups excluding carboxylic acids is 1. The fourth-order valence-corrected chi connectivity index (χ4v) is 1.83. The predicted octanol–water partition coefficient (Wildman–Crippen LogP) is 1.79. The molecule has 6 nitrogen and oxygen atoms in total. The molecule has 1 amide bonds. The van der Waals surface area contributed by atoms with Gasteiger partial charge in [-0.25, -0.2) is 4.98 Å². The Kier molecular flexibility index (Phi) is 2.60. The van der Waals surface area contributed by atoms with Crippen molar-refractivity contribution in [2.75, 3.05) is 11.1 Å². The molecule has 1 aromatic carbocycles. The highest BCUT2D eigenvalue weighted by molar-refractivity contribution is 6.05. The van der Waals surface area contributed by atoms with E-state index in [0.717, 1.165) is 5.39 Å². The number of benzene rings is 1. The van der Waals surface area contributed by atoms with Crippen molar-refractivity contribution in [3.8, 4) is 0 Å². The molecule has 0 spiro atoms. The Hall–Kier alpha value is -2.89. The van der Waals surface area contributed by atoms with Gasteiger partial charge in [-0.05, 0) is 12.1 Å². The van der Waals surface area contributed by atoms with Crippen molar-refractivity contribution >= 4 is 28.2 Å². The minimum atomic E-state index is -0.321. The number of nitrogens with two attached hydrogens (primary N) is 1. The van der Waals surface area contributed by atoms with Gasteiger partial charge >= 0.3 is 0 Å². The molecule has 0 saturated heterocycles. The van der Waals surface area contributed by atoms with E-state index in [1.54, 1.807) is 12.3 Å². The lowest BCUT2D eigenvalue weighted by Gasteiger charge is -2.06. The van der Waals surface area contributed by atoms with Crippen molar-refractivity contribution < 1.29 is 4.79 Å². The van der Waals surface area contributed by atoms with Crippen LogP contribution in [0.15, 0.2) is 42.7 Å². The van der Waals surface area contributed by atoms with Crippen LogP contribution in [0.2, 0.25) is 0 Å². The van der Waals surface area contributed by atoms with Crippen LogP contribution in [0.25, 0.3) is 10.9 Å². The second kappa shape index (κ2) is 4.41. The molecule has 0 saturated carbocycles. The highest BCUT2D eigenvalue weighted by Gasteiger charge is 2.11. The maximum Gasteiger partial charge on any atom is 0.274 e. The summed E-state index contributed by atoms with van der Waals surface area (Å²) in [5.74, 6) is -0.321. The summed E-state index contributed by atoms with van der Waals surface area (Å²) in [4.78, 5) is 16.3. The first-order valence-corrected chi connectivity index (χ1v) is 5.69. The molecule has 4 N–H and O–H groups in total. The molecular weight excluding hydrogens is 242 g/mol. The van der Waals surface area contributed by atoms with E-state index in [1.165, 1.54) is 6.20 Å². The molecule has 0 unspecified atom stereocenters. The summed E-state index contributed by atoms with van der Waals surface area (Å²) in [6.45, 7) is 0. The van der Waals surface area contributed by atoms with Crippen molar-refractivity contribution in [3.05, 3.63) is 48.4 Å². The number of aromatic nitrogens is 3. The van der Waals surface area contributed by atoms with Crippen molar-refractivity contribution in [1.29, 1.82) is 0 Å². The Bertz CT molecular complexity index is 736. The Morgan fingerprint density at radius 3 is 2.95 bits per heavy atom. The fraction of sp³-hybridized carbons (Fsp3) is 0. The summed E-state index contributed by atoms with van der Waals surface area (Å²) in [6, 6.07) is 8.99. The van der Waals surface area contributed by atoms with Crippen molar-refractivity contribution in [2.24, 2.45) is 0 Å². The lowest BCUT2D eigenvalue weighted by molar-refractivity contribution is 0.102. The first-order chi connectivity index (χ1) is 9.24. The smallest absolute Gasteiger partial charge is 0.274 e. The number of aromatic amines is 1. The molecular formula is C13H11N5O. The maximum absolute atomic E-state index is 12.0. The third kappa shape index (κ3) is 2.11. The van der Waals surface area contributed by atoms with E-state index < -0.39 is 0 Å². The molecule has 0 bridgehead atoms. The number of pyridine rings is 1. The number of carbonyl (C=O) groups is 1. The maximum atomic E-state index is 12.0. The lowest BCUT2D eigenvalue weighted by atomic mass is 10.1. The van der Waals surface area contributed by atoms with Crippen LogP contribution in [-0.4, -0.2) is 21.1 Å². The lowest BCUT2D eigenvalue weighted by Crippen LogP contribution is -2.13. The number of fused-ring (bicyclic) bond motifs is 1. The monoisotopic (exact) mass is 253 g/mol. The molecule has 0 radical (unpaired) electrons. The number of rotatable bonds is 2. The van der Waals surface area contributed by atoms with Crippen LogP contribution in [0.3, 0.4) is 0 Å². The number of hydrogen-bond acceptors (Lipinski definition) is 4. The minimum absolute atomic E-state index is 0.275. The van der Waals surface area contributed by atoms with E-state index in [0.29, 0.717) is 16.9 Å². The second-order valence-electron chi connectivity index (χ2n) is 4.05. The topological polar surface area (TPSA) is 96.7 Å². The number of nitrogens with one attached hydrogen (secondary N) is 2. The minimum Gasteiger partial charge on any atom is -0.398 e. The third-order valence-corrected chi connectivity index (χ3v) is 2.74. The van der Waals surface area contributed by atoms with E-state index in [1.807, 2.05) is 24.3 Å². The highest BCUT2D eigenvalue weighted by Crippen LogP contribution is 2.20. The molecule has 0 fully saturated rings. The zero-order valence-corrected chi connectivity index (χ0v) is 9.92. The molecule has 3 aromatic rings. The van der Waals surface area contributed by atoms with Crippen LogP contribution >= 0.6 is 0 Å². The molecule has 2 aromatic heterocycles. The molecule has 0 aliphatic carbocycles. The van der Waals surface area contributed by atoms with Crippen LogP contribution in [-0.2, 0) is 0 Å². The number of anilines is 2. The Labute approximate surface area is 108 Å². The van der Waals surface area contributed by atoms with Gasteiger partial charge in [0.05, 0.1) is 17.4 Å². The number of nitrogens with zero attached hydrogens (tertiary/aromatic N) is 2. The van der Waals surface area contributed by atoms with Crippen molar-refractivity contribution in [2.45, 2.75) is 0 Å². The summed E-state index contributed by atoms with van der Waals surface area (Å²) in [7, 11) is 0. The summed E-state index contributed by atoms with van der Waals surface area (Å²) in [5.41, 5.74) is 8.01. The van der Waals surface area contributed by atoms with Gasteiger partial charge in [-0.3, -0.25) is 9.89 Å². The Morgan fingerprint density at radius 2 is 2.16 bits per heavy atom. The van der Waals surface area contributed by atoms with Crippen molar-refractivity contribution in [1.82, 2.24) is 15.2 Å². The normalized spacial score (nSPS) is 10.5. The van der Waals surface area contributed by atoms with Gasteiger partial charge in [-0.2, -0.15) is 5.10 Å². The van der Waals surface area contributed by atoms with E-state index >= 15 is 0 Å². The first-order valence-electron chi connectivity index (χ1n) is 5.69. The first kappa shape index (κ1) is 11.2. The van der Waals surface area contributed by atoms with Crippen LogP contribution in [0.4, 0.5) is 11.4 Å². The average Bonchev–Trinajstić information content (AvgIpc) is 2.91. The standard InChI is InChI=1S/C13H11N5O/c14-10-5-12(13(19)17-8-6-15-16-7-8)18-11-4-2-1-3-9(10)11/h1-7H,(H2,14,18)(H,15,16)(H,17,19). The van der Waals surface area contributed by atoms with E-state index in [4.69, 9.17) is 5.73 Å². The SMILES string of the molecule is Nc1cc(C(=O)Nc2cn[nH]c2)nc2ccccc12. The molecule has 6 heteroatoms. The van der Waals surface area contributed by atoms with Gasteiger partial charge in [0.25, 0.3) is 5.91 Å². The van der Waals surface area contributed by atoms with E-state index in [-0.39, 0.29) is 11.6 Å². The average molecular weight is 253 g/mol. The summed E-state index contributed by atoms with van der Waals surface area (Å²) >= 11 is 0. The van der Waals surface area contributed by atoms with Gasteiger partial charge in [0.1, 0.15) is 5.69 Å². The number of hydrogen-bond donors (Lipinski definition) is 3. The highest BCUT2D eigenvalue weighted by atomic mass is 16.1.